The number of hydrogen-bond donors (Lipinski definition) is 1. The number of nitrogens with zero attached hydrogens (tertiary/aromatic N) is 1. The molecule has 0 aliphatic heterocycles. The maximum absolute atomic E-state index is 5.68. The van der Waals surface area contributed by atoms with Gasteiger partial charge in [-0.05, 0) is 43.9 Å². The molecule has 0 amide bonds. The van der Waals surface area contributed by atoms with Crippen LogP contribution in [0.4, 0.5) is 6.01 Å². The minimum Gasteiger partial charge on any atom is -0.496 e. The molecule has 0 saturated carbocycles. The van der Waals surface area contributed by atoms with E-state index in [2.05, 4.69) is 18.0 Å². The minimum atomic E-state index is 0.200. The van der Waals surface area contributed by atoms with Crippen molar-refractivity contribution in [2.45, 2.75) is 34.1 Å². The molecular weight excluding hydrogens is 240 g/mol. The summed E-state index contributed by atoms with van der Waals surface area (Å²) in [6, 6.07) is 2.33. The van der Waals surface area contributed by atoms with E-state index in [1.54, 1.807) is 7.11 Å². The quantitative estimate of drug-likeness (QED) is 0.918. The van der Waals surface area contributed by atoms with Crippen molar-refractivity contribution in [2.75, 3.05) is 12.8 Å². The Bertz CT molecular complexity index is 615. The van der Waals surface area contributed by atoms with E-state index in [9.17, 15) is 0 Å². The van der Waals surface area contributed by atoms with Gasteiger partial charge < -0.3 is 14.9 Å². The molecule has 4 nitrogen and oxygen atoms in total. The summed E-state index contributed by atoms with van der Waals surface area (Å²) in [6.45, 7) is 8.19. The van der Waals surface area contributed by atoms with Crippen LogP contribution in [0.1, 0.15) is 29.3 Å². The summed E-state index contributed by atoms with van der Waals surface area (Å²) in [6.07, 6.45) is 0.769. The number of aromatic nitrogens is 1. The van der Waals surface area contributed by atoms with Crippen LogP contribution in [0.3, 0.4) is 0 Å². The van der Waals surface area contributed by atoms with Gasteiger partial charge in [-0.3, -0.25) is 0 Å². The Morgan fingerprint density at radius 2 is 1.95 bits per heavy atom. The van der Waals surface area contributed by atoms with E-state index in [0.717, 1.165) is 40.3 Å². The molecule has 0 aliphatic rings. The van der Waals surface area contributed by atoms with Crippen LogP contribution in [0.2, 0.25) is 0 Å². The fourth-order valence-electron chi connectivity index (χ4n) is 2.39. The highest BCUT2D eigenvalue weighted by molar-refractivity contribution is 5.74. The Kier molecular flexibility index (Phi) is 3.51. The van der Waals surface area contributed by atoms with Gasteiger partial charge in [0.2, 0.25) is 0 Å². The minimum absolute atomic E-state index is 0.200. The zero-order chi connectivity index (χ0) is 14.2. The van der Waals surface area contributed by atoms with Crippen LogP contribution in [0.5, 0.6) is 5.75 Å². The maximum atomic E-state index is 5.68. The normalized spacial score (nSPS) is 10.8. The molecule has 2 aromatic rings. The SMILES string of the molecule is CCc1nc(N)oc1-c1c(C)cc(C)c(C)c1OC. The van der Waals surface area contributed by atoms with Crippen LogP contribution in [-0.4, -0.2) is 12.1 Å². The van der Waals surface area contributed by atoms with Crippen molar-refractivity contribution >= 4 is 6.01 Å². The van der Waals surface area contributed by atoms with Crippen molar-refractivity contribution < 1.29 is 9.15 Å². The van der Waals surface area contributed by atoms with Crippen LogP contribution < -0.4 is 10.5 Å². The molecule has 1 heterocycles. The Hall–Kier alpha value is -1.97. The van der Waals surface area contributed by atoms with Crippen LogP contribution >= 0.6 is 0 Å². The molecule has 0 radical (unpaired) electrons. The Balaban J connectivity index is 2.77. The lowest BCUT2D eigenvalue weighted by Gasteiger charge is -2.15. The number of methoxy groups -OCH3 is 1. The number of aryl methyl sites for hydroxylation is 3. The molecule has 0 spiro atoms. The number of benzene rings is 1. The van der Waals surface area contributed by atoms with Crippen LogP contribution in [0, 0.1) is 20.8 Å². The summed E-state index contributed by atoms with van der Waals surface area (Å²) >= 11 is 0. The van der Waals surface area contributed by atoms with Gasteiger partial charge in [-0.15, -0.1) is 0 Å². The lowest BCUT2D eigenvalue weighted by atomic mass is 9.96. The Morgan fingerprint density at radius 1 is 1.26 bits per heavy atom. The third kappa shape index (κ3) is 2.18. The summed E-state index contributed by atoms with van der Waals surface area (Å²) in [4.78, 5) is 4.23. The molecule has 0 aliphatic carbocycles. The van der Waals surface area contributed by atoms with E-state index in [0.29, 0.717) is 0 Å². The number of oxazole rings is 1. The molecule has 102 valence electrons. The maximum Gasteiger partial charge on any atom is 0.292 e. The van der Waals surface area contributed by atoms with E-state index in [1.807, 2.05) is 20.8 Å². The average Bonchev–Trinajstić information content (AvgIpc) is 2.74. The van der Waals surface area contributed by atoms with Crippen LogP contribution in [0.15, 0.2) is 10.5 Å². The summed E-state index contributed by atoms with van der Waals surface area (Å²) in [5, 5.41) is 0. The van der Waals surface area contributed by atoms with Gasteiger partial charge >= 0.3 is 0 Å². The molecule has 0 atom stereocenters. The number of hydrogen-bond acceptors (Lipinski definition) is 4. The highest BCUT2D eigenvalue weighted by atomic mass is 16.5. The second-order valence-electron chi connectivity index (χ2n) is 4.73. The summed E-state index contributed by atoms with van der Waals surface area (Å²) < 4.78 is 11.2. The molecule has 4 heteroatoms. The number of anilines is 1. The topological polar surface area (TPSA) is 61.3 Å². The summed E-state index contributed by atoms with van der Waals surface area (Å²) in [7, 11) is 1.68. The smallest absolute Gasteiger partial charge is 0.292 e. The first-order valence-corrected chi connectivity index (χ1v) is 6.39. The second kappa shape index (κ2) is 4.96. The van der Waals surface area contributed by atoms with Gasteiger partial charge in [-0.2, -0.15) is 4.98 Å². The van der Waals surface area contributed by atoms with Crippen LogP contribution in [-0.2, 0) is 6.42 Å². The van der Waals surface area contributed by atoms with Crippen molar-refractivity contribution in [1.29, 1.82) is 0 Å². The van der Waals surface area contributed by atoms with Gasteiger partial charge in [-0.25, -0.2) is 0 Å². The van der Waals surface area contributed by atoms with E-state index in [1.165, 1.54) is 5.56 Å². The predicted octanol–water partition coefficient (Wildman–Crippen LogP) is 3.42. The first kappa shape index (κ1) is 13.5. The molecule has 0 bridgehead atoms. The van der Waals surface area contributed by atoms with Gasteiger partial charge in [0, 0.05) is 0 Å². The number of ether oxygens (including phenoxy) is 1. The molecule has 2 N–H and O–H groups in total. The van der Waals surface area contributed by atoms with Crippen molar-refractivity contribution in [3.63, 3.8) is 0 Å². The number of nitrogen functional groups attached to an aromatic ring is 1. The van der Waals surface area contributed by atoms with Crippen molar-refractivity contribution in [3.05, 3.63) is 28.5 Å². The molecule has 1 aromatic carbocycles. The lowest BCUT2D eigenvalue weighted by Crippen LogP contribution is -1.98. The van der Waals surface area contributed by atoms with E-state index in [4.69, 9.17) is 14.9 Å². The highest BCUT2D eigenvalue weighted by Gasteiger charge is 2.21. The van der Waals surface area contributed by atoms with E-state index < -0.39 is 0 Å². The monoisotopic (exact) mass is 260 g/mol. The standard InChI is InChI=1S/C15H20N2O2/c1-6-11-14(19-15(16)17-11)12-9(3)7-8(2)10(4)13(12)18-5/h7H,6H2,1-5H3,(H2,16,17). The van der Waals surface area contributed by atoms with Gasteiger partial charge in [0.25, 0.3) is 6.01 Å². The van der Waals surface area contributed by atoms with Crippen molar-refractivity contribution in [1.82, 2.24) is 4.98 Å². The largest absolute Gasteiger partial charge is 0.496 e. The fraction of sp³-hybridized carbons (Fsp3) is 0.400. The lowest BCUT2D eigenvalue weighted by molar-refractivity contribution is 0.411. The summed E-state index contributed by atoms with van der Waals surface area (Å²) in [5.41, 5.74) is 10.9. The summed E-state index contributed by atoms with van der Waals surface area (Å²) in [5.74, 6) is 1.56. The molecule has 0 saturated heterocycles. The van der Waals surface area contributed by atoms with E-state index >= 15 is 0 Å². The molecule has 1 aromatic heterocycles. The first-order chi connectivity index (χ1) is 8.99. The molecule has 0 fully saturated rings. The first-order valence-electron chi connectivity index (χ1n) is 6.39. The van der Waals surface area contributed by atoms with E-state index in [-0.39, 0.29) is 6.01 Å². The molecule has 2 rings (SSSR count). The molecule has 0 unspecified atom stereocenters. The Labute approximate surface area is 113 Å². The zero-order valence-corrected chi connectivity index (χ0v) is 12.1. The second-order valence-corrected chi connectivity index (χ2v) is 4.73. The van der Waals surface area contributed by atoms with Gasteiger partial charge in [0.15, 0.2) is 5.76 Å². The van der Waals surface area contributed by atoms with Gasteiger partial charge in [-0.1, -0.05) is 13.0 Å². The Morgan fingerprint density at radius 3 is 2.53 bits per heavy atom. The molecular formula is C15H20N2O2. The van der Waals surface area contributed by atoms with Gasteiger partial charge in [0.05, 0.1) is 18.4 Å². The third-order valence-corrected chi connectivity index (χ3v) is 3.47. The third-order valence-electron chi connectivity index (χ3n) is 3.47. The molecule has 19 heavy (non-hydrogen) atoms. The fourth-order valence-corrected chi connectivity index (χ4v) is 2.39. The van der Waals surface area contributed by atoms with Crippen LogP contribution in [0.25, 0.3) is 11.3 Å². The average molecular weight is 260 g/mol. The van der Waals surface area contributed by atoms with Crippen molar-refractivity contribution in [3.8, 4) is 17.1 Å². The van der Waals surface area contributed by atoms with Gasteiger partial charge in [0.1, 0.15) is 5.75 Å². The zero-order valence-electron chi connectivity index (χ0n) is 12.1. The number of nitrogens with two attached hydrogens (primary N) is 1. The predicted molar refractivity (Wildman–Crippen MR) is 76.5 cm³/mol. The van der Waals surface area contributed by atoms with Crippen molar-refractivity contribution in [2.24, 2.45) is 0 Å². The number of rotatable bonds is 3. The highest BCUT2D eigenvalue weighted by Crippen LogP contribution is 2.40.